The molecule has 1 aliphatic rings. The average Bonchev–Trinajstić information content (AvgIpc) is 2.68. The van der Waals surface area contributed by atoms with Crippen molar-refractivity contribution >= 4 is 10.9 Å². The zero-order chi connectivity index (χ0) is 17.9. The molecule has 2 atom stereocenters. The van der Waals surface area contributed by atoms with Gasteiger partial charge in [0.2, 0.25) is 0 Å². The Kier molecular flexibility index (Phi) is 4.85. The molecule has 2 aromatic carbocycles. The minimum absolute atomic E-state index is 0.108. The minimum atomic E-state index is -0.108. The molecule has 1 heterocycles. The van der Waals surface area contributed by atoms with E-state index in [4.69, 9.17) is 4.74 Å². The van der Waals surface area contributed by atoms with Gasteiger partial charge in [-0.3, -0.25) is 4.79 Å². The fourth-order valence-electron chi connectivity index (χ4n) is 3.78. The Hall–Kier alpha value is -2.46. The molecule has 4 heteroatoms. The van der Waals surface area contributed by atoms with Gasteiger partial charge in [-0.05, 0) is 42.0 Å². The first-order valence-corrected chi connectivity index (χ1v) is 9.41. The van der Waals surface area contributed by atoms with Gasteiger partial charge in [-0.25, -0.2) is 4.98 Å². The number of hydrogen-bond acceptors (Lipinski definition) is 3. The van der Waals surface area contributed by atoms with E-state index in [9.17, 15) is 4.79 Å². The smallest absolute Gasteiger partial charge is 0.258 e. The molecule has 134 valence electrons. The van der Waals surface area contributed by atoms with Crippen LogP contribution in [0.1, 0.15) is 38.4 Å². The molecule has 0 radical (unpaired) electrons. The number of nitrogens with zero attached hydrogens (tertiary/aromatic N) is 1. The van der Waals surface area contributed by atoms with E-state index in [1.54, 1.807) is 0 Å². The van der Waals surface area contributed by atoms with Gasteiger partial charge in [0.15, 0.2) is 0 Å². The van der Waals surface area contributed by atoms with Crippen molar-refractivity contribution in [3.05, 3.63) is 64.7 Å². The van der Waals surface area contributed by atoms with Crippen LogP contribution in [0.3, 0.4) is 0 Å². The third-order valence-corrected chi connectivity index (χ3v) is 5.33. The second-order valence-electron chi connectivity index (χ2n) is 7.22. The van der Waals surface area contributed by atoms with E-state index in [0.29, 0.717) is 29.3 Å². The average molecular weight is 348 g/mol. The highest BCUT2D eigenvalue weighted by atomic mass is 16.5. The van der Waals surface area contributed by atoms with Crippen molar-refractivity contribution in [3.8, 4) is 11.1 Å². The van der Waals surface area contributed by atoms with E-state index in [2.05, 4.69) is 16.9 Å². The molecule has 0 aliphatic heterocycles. The number of ether oxygens (including phenoxy) is 1. The number of fused-ring (bicyclic) bond motifs is 1. The van der Waals surface area contributed by atoms with Crippen LogP contribution < -0.4 is 5.56 Å². The van der Waals surface area contributed by atoms with Crippen LogP contribution in [-0.4, -0.2) is 16.1 Å². The molecule has 0 saturated heterocycles. The number of rotatable bonds is 4. The molecule has 26 heavy (non-hydrogen) atoms. The summed E-state index contributed by atoms with van der Waals surface area (Å²) in [5, 5.41) is 0.612. The lowest BCUT2D eigenvalue weighted by atomic mass is 9.88. The van der Waals surface area contributed by atoms with Crippen molar-refractivity contribution in [2.45, 2.75) is 45.3 Å². The topological polar surface area (TPSA) is 55.0 Å². The standard InChI is InChI=1S/C22H24N2O2/c1-15-7-5-6-10-20(15)26-14-21-23-19-12-11-17(13-18(19)22(25)24-21)16-8-3-2-4-9-16/h2-4,8-9,11-13,15,20H,5-7,10,14H2,1H3,(H,23,24,25). The summed E-state index contributed by atoms with van der Waals surface area (Å²) in [5.41, 5.74) is 2.71. The second-order valence-corrected chi connectivity index (χ2v) is 7.22. The molecular formula is C22H24N2O2. The van der Waals surface area contributed by atoms with Gasteiger partial charge in [0.25, 0.3) is 5.56 Å². The molecular weight excluding hydrogens is 324 g/mol. The van der Waals surface area contributed by atoms with Crippen molar-refractivity contribution in [2.75, 3.05) is 0 Å². The molecule has 1 N–H and O–H groups in total. The molecule has 2 unspecified atom stereocenters. The maximum absolute atomic E-state index is 12.5. The summed E-state index contributed by atoms with van der Waals surface area (Å²) in [7, 11) is 0. The number of H-pyrrole nitrogens is 1. The van der Waals surface area contributed by atoms with Crippen LogP contribution in [0.25, 0.3) is 22.0 Å². The van der Waals surface area contributed by atoms with Gasteiger partial charge in [-0.2, -0.15) is 0 Å². The third-order valence-electron chi connectivity index (χ3n) is 5.33. The number of hydrogen-bond donors (Lipinski definition) is 1. The Morgan fingerprint density at radius 2 is 1.88 bits per heavy atom. The molecule has 1 aromatic heterocycles. The summed E-state index contributed by atoms with van der Waals surface area (Å²) in [4.78, 5) is 20.0. The molecule has 4 rings (SSSR count). The van der Waals surface area contributed by atoms with E-state index >= 15 is 0 Å². The van der Waals surface area contributed by atoms with Gasteiger partial charge in [-0.15, -0.1) is 0 Å². The maximum Gasteiger partial charge on any atom is 0.258 e. The first-order valence-electron chi connectivity index (χ1n) is 9.41. The molecule has 4 nitrogen and oxygen atoms in total. The lowest BCUT2D eigenvalue weighted by Crippen LogP contribution is -2.26. The Labute approximate surface area is 153 Å². The Morgan fingerprint density at radius 1 is 1.08 bits per heavy atom. The Balaban J connectivity index is 1.58. The summed E-state index contributed by atoms with van der Waals surface area (Å²) in [5.74, 6) is 1.18. The van der Waals surface area contributed by atoms with E-state index in [1.165, 1.54) is 19.3 Å². The van der Waals surface area contributed by atoms with Crippen LogP contribution in [0.5, 0.6) is 0 Å². The monoisotopic (exact) mass is 348 g/mol. The summed E-state index contributed by atoms with van der Waals surface area (Å²) in [6.45, 7) is 2.60. The zero-order valence-electron chi connectivity index (χ0n) is 15.1. The number of nitrogens with one attached hydrogen (secondary N) is 1. The molecule has 1 aliphatic carbocycles. The lowest BCUT2D eigenvalue weighted by molar-refractivity contribution is -0.0181. The third kappa shape index (κ3) is 3.56. The van der Waals surface area contributed by atoms with Crippen LogP contribution in [0.15, 0.2) is 53.3 Å². The number of aromatic nitrogens is 2. The molecule has 0 bridgehead atoms. The first kappa shape index (κ1) is 17.0. The molecule has 0 spiro atoms. The highest BCUT2D eigenvalue weighted by Gasteiger charge is 2.22. The summed E-state index contributed by atoms with van der Waals surface area (Å²) in [6, 6.07) is 15.9. The predicted molar refractivity (Wildman–Crippen MR) is 104 cm³/mol. The van der Waals surface area contributed by atoms with Gasteiger partial charge >= 0.3 is 0 Å². The van der Waals surface area contributed by atoms with Crippen molar-refractivity contribution in [2.24, 2.45) is 5.92 Å². The van der Waals surface area contributed by atoms with Crippen LogP contribution in [0.4, 0.5) is 0 Å². The predicted octanol–water partition coefficient (Wildman–Crippen LogP) is 4.69. The van der Waals surface area contributed by atoms with Gasteiger partial charge in [-0.1, -0.05) is 56.2 Å². The van der Waals surface area contributed by atoms with E-state index in [1.807, 2.05) is 48.5 Å². The van der Waals surface area contributed by atoms with Gasteiger partial charge in [0.05, 0.1) is 17.0 Å². The van der Waals surface area contributed by atoms with Gasteiger partial charge < -0.3 is 9.72 Å². The minimum Gasteiger partial charge on any atom is -0.370 e. The van der Waals surface area contributed by atoms with E-state index in [-0.39, 0.29) is 11.7 Å². The van der Waals surface area contributed by atoms with Crippen LogP contribution in [0.2, 0.25) is 0 Å². The highest BCUT2D eigenvalue weighted by Crippen LogP contribution is 2.27. The Bertz CT molecular complexity index is 949. The SMILES string of the molecule is CC1CCCCC1OCc1nc2ccc(-c3ccccc3)cc2c(=O)[nH]1. The fraction of sp³-hybridized carbons (Fsp3) is 0.364. The van der Waals surface area contributed by atoms with E-state index in [0.717, 1.165) is 17.5 Å². The Morgan fingerprint density at radius 3 is 2.69 bits per heavy atom. The number of benzene rings is 2. The fourth-order valence-corrected chi connectivity index (χ4v) is 3.78. The van der Waals surface area contributed by atoms with Crippen molar-refractivity contribution in [1.82, 2.24) is 9.97 Å². The summed E-state index contributed by atoms with van der Waals surface area (Å²) in [6.07, 6.45) is 5.09. The quantitative estimate of drug-likeness (QED) is 0.744. The van der Waals surface area contributed by atoms with Crippen molar-refractivity contribution in [1.29, 1.82) is 0 Å². The summed E-state index contributed by atoms with van der Waals surface area (Å²) < 4.78 is 6.05. The lowest BCUT2D eigenvalue weighted by Gasteiger charge is -2.28. The molecule has 0 amide bonds. The zero-order valence-corrected chi connectivity index (χ0v) is 15.1. The van der Waals surface area contributed by atoms with Crippen molar-refractivity contribution in [3.63, 3.8) is 0 Å². The van der Waals surface area contributed by atoms with E-state index < -0.39 is 0 Å². The normalized spacial score (nSPS) is 20.3. The largest absolute Gasteiger partial charge is 0.370 e. The molecule has 1 fully saturated rings. The van der Waals surface area contributed by atoms with Crippen LogP contribution in [-0.2, 0) is 11.3 Å². The van der Waals surface area contributed by atoms with Crippen LogP contribution >= 0.6 is 0 Å². The first-order chi connectivity index (χ1) is 12.7. The summed E-state index contributed by atoms with van der Waals surface area (Å²) >= 11 is 0. The van der Waals surface area contributed by atoms with Crippen LogP contribution in [0, 0.1) is 5.92 Å². The number of aromatic amines is 1. The van der Waals surface area contributed by atoms with Gasteiger partial charge in [0.1, 0.15) is 12.4 Å². The molecule has 1 saturated carbocycles. The maximum atomic E-state index is 12.5. The molecule has 3 aromatic rings. The second kappa shape index (κ2) is 7.42. The van der Waals surface area contributed by atoms with Crippen molar-refractivity contribution < 1.29 is 4.74 Å². The highest BCUT2D eigenvalue weighted by molar-refractivity contribution is 5.83. The van der Waals surface area contributed by atoms with Gasteiger partial charge in [0, 0.05) is 0 Å².